The number of carbonyl (C=O) groups is 1. The molecule has 0 aliphatic carbocycles. The first kappa shape index (κ1) is 13.9. The van der Waals surface area contributed by atoms with E-state index in [9.17, 15) is 4.79 Å². The maximum atomic E-state index is 12.9. The number of aromatic nitrogens is 5. The Hall–Kier alpha value is -2.70. The van der Waals surface area contributed by atoms with Crippen LogP contribution in [0.25, 0.3) is 5.65 Å². The highest BCUT2D eigenvalue weighted by atomic mass is 16.2. The lowest BCUT2D eigenvalue weighted by Crippen LogP contribution is -2.40. The molecule has 1 fully saturated rings. The van der Waals surface area contributed by atoms with E-state index in [4.69, 9.17) is 0 Å². The van der Waals surface area contributed by atoms with Crippen LogP contribution in [0.1, 0.15) is 34.8 Å². The highest BCUT2D eigenvalue weighted by Crippen LogP contribution is 2.23. The second-order valence-electron chi connectivity index (χ2n) is 5.99. The van der Waals surface area contributed by atoms with E-state index < -0.39 is 0 Å². The Morgan fingerprint density at radius 3 is 3.04 bits per heavy atom. The number of aryl methyl sites for hydroxylation is 1. The molecule has 7 heteroatoms. The number of hydrogen-bond donors (Lipinski definition) is 0. The highest BCUT2D eigenvalue weighted by Gasteiger charge is 2.27. The van der Waals surface area contributed by atoms with Gasteiger partial charge >= 0.3 is 0 Å². The first-order chi connectivity index (χ1) is 11.2. The van der Waals surface area contributed by atoms with Crippen molar-refractivity contribution in [3.63, 3.8) is 0 Å². The third kappa shape index (κ3) is 2.48. The topological polar surface area (TPSA) is 68.3 Å². The van der Waals surface area contributed by atoms with Gasteiger partial charge in [0.05, 0.1) is 18.4 Å². The largest absolute Gasteiger partial charge is 0.336 e. The van der Waals surface area contributed by atoms with Crippen LogP contribution in [0.15, 0.2) is 37.1 Å². The maximum Gasteiger partial charge on any atom is 0.259 e. The molecule has 0 radical (unpaired) electrons. The molecule has 1 aliphatic rings. The molecule has 1 aliphatic heterocycles. The van der Waals surface area contributed by atoms with E-state index in [-0.39, 0.29) is 11.9 Å². The second kappa shape index (κ2) is 5.49. The lowest BCUT2D eigenvalue weighted by atomic mass is 10.1. The Morgan fingerprint density at radius 2 is 2.22 bits per heavy atom. The van der Waals surface area contributed by atoms with Crippen molar-refractivity contribution in [3.8, 4) is 0 Å². The molecule has 118 valence electrons. The van der Waals surface area contributed by atoms with Gasteiger partial charge in [-0.25, -0.2) is 9.50 Å². The lowest BCUT2D eigenvalue weighted by Gasteiger charge is -2.32. The monoisotopic (exact) mass is 310 g/mol. The molecule has 23 heavy (non-hydrogen) atoms. The number of carbonyl (C=O) groups excluding carboxylic acids is 1. The van der Waals surface area contributed by atoms with Gasteiger partial charge in [0, 0.05) is 31.7 Å². The smallest absolute Gasteiger partial charge is 0.259 e. The number of hydrogen-bond acceptors (Lipinski definition) is 4. The van der Waals surface area contributed by atoms with E-state index in [1.165, 1.54) is 0 Å². The van der Waals surface area contributed by atoms with Gasteiger partial charge < -0.3 is 4.90 Å². The van der Waals surface area contributed by atoms with Gasteiger partial charge in [0.15, 0.2) is 5.65 Å². The van der Waals surface area contributed by atoms with Gasteiger partial charge in [-0.2, -0.15) is 10.2 Å². The molecule has 0 bridgehead atoms. The van der Waals surface area contributed by atoms with E-state index in [1.54, 1.807) is 29.2 Å². The van der Waals surface area contributed by atoms with Gasteiger partial charge in [-0.1, -0.05) is 0 Å². The van der Waals surface area contributed by atoms with Crippen LogP contribution in [0.4, 0.5) is 0 Å². The van der Waals surface area contributed by atoms with Crippen LogP contribution in [0.5, 0.6) is 0 Å². The van der Waals surface area contributed by atoms with Crippen molar-refractivity contribution in [2.24, 2.45) is 0 Å². The van der Waals surface area contributed by atoms with Crippen molar-refractivity contribution < 1.29 is 4.79 Å². The van der Waals surface area contributed by atoms with Crippen LogP contribution >= 0.6 is 0 Å². The van der Waals surface area contributed by atoms with E-state index in [0.29, 0.717) is 17.8 Å². The predicted molar refractivity (Wildman–Crippen MR) is 84.1 cm³/mol. The molecule has 3 aromatic rings. The van der Waals surface area contributed by atoms with Crippen LogP contribution < -0.4 is 0 Å². The molecule has 1 unspecified atom stereocenters. The van der Waals surface area contributed by atoms with Gasteiger partial charge in [0.25, 0.3) is 5.91 Å². The number of likely N-dealkylation sites (tertiary alicyclic amines) is 1. The summed E-state index contributed by atoms with van der Waals surface area (Å²) in [6, 6.07) is 2.03. The SMILES string of the molecule is Cc1cnn(C2CCCN(C(=O)c3cnn4cccnc34)C2)c1. The number of piperidine rings is 1. The summed E-state index contributed by atoms with van der Waals surface area (Å²) in [5.41, 5.74) is 2.30. The molecule has 0 spiro atoms. The first-order valence-electron chi connectivity index (χ1n) is 7.81. The fraction of sp³-hybridized carbons (Fsp3) is 0.375. The van der Waals surface area contributed by atoms with Crippen molar-refractivity contribution in [3.05, 3.63) is 48.2 Å². The molecule has 0 N–H and O–H groups in total. The molecule has 4 rings (SSSR count). The Bertz CT molecular complexity index is 851. The van der Waals surface area contributed by atoms with Gasteiger partial charge in [-0.15, -0.1) is 0 Å². The molecule has 1 saturated heterocycles. The average molecular weight is 310 g/mol. The fourth-order valence-electron chi connectivity index (χ4n) is 3.14. The summed E-state index contributed by atoms with van der Waals surface area (Å²) in [7, 11) is 0. The molecule has 4 heterocycles. The molecule has 1 amide bonds. The summed E-state index contributed by atoms with van der Waals surface area (Å²) >= 11 is 0. The molecule has 0 saturated carbocycles. The minimum atomic E-state index is -0.00715. The Balaban J connectivity index is 1.58. The number of rotatable bonds is 2. The molecule has 0 aromatic carbocycles. The fourth-order valence-corrected chi connectivity index (χ4v) is 3.14. The maximum absolute atomic E-state index is 12.9. The molecule has 7 nitrogen and oxygen atoms in total. The molecular formula is C16H18N6O. The summed E-state index contributed by atoms with van der Waals surface area (Å²) < 4.78 is 3.61. The summed E-state index contributed by atoms with van der Waals surface area (Å²) in [6.07, 6.45) is 11.0. The van der Waals surface area contributed by atoms with E-state index in [0.717, 1.165) is 24.9 Å². The quantitative estimate of drug-likeness (QED) is 0.722. The van der Waals surface area contributed by atoms with Gasteiger partial charge in [0.2, 0.25) is 0 Å². The molecule has 3 aromatic heterocycles. The minimum absolute atomic E-state index is 0.00715. The average Bonchev–Trinajstić information content (AvgIpc) is 3.20. The van der Waals surface area contributed by atoms with Gasteiger partial charge in [-0.3, -0.25) is 9.48 Å². The highest BCUT2D eigenvalue weighted by molar-refractivity contribution is 5.99. The second-order valence-corrected chi connectivity index (χ2v) is 5.99. The number of amides is 1. The van der Waals surface area contributed by atoms with E-state index in [1.807, 2.05) is 28.9 Å². The summed E-state index contributed by atoms with van der Waals surface area (Å²) in [4.78, 5) is 19.0. The third-order valence-corrected chi connectivity index (χ3v) is 4.30. The molecular weight excluding hydrogens is 292 g/mol. The van der Waals surface area contributed by atoms with Crippen molar-refractivity contribution in [2.45, 2.75) is 25.8 Å². The summed E-state index contributed by atoms with van der Waals surface area (Å²) in [6.45, 7) is 3.46. The Morgan fingerprint density at radius 1 is 1.30 bits per heavy atom. The number of nitrogens with zero attached hydrogens (tertiary/aromatic N) is 6. The standard InChI is InChI=1S/C16H18N6O/c1-12-8-18-22(10-12)13-4-2-6-20(11-13)16(23)14-9-19-21-7-3-5-17-15(14)21/h3,5,7-10,13H,2,4,6,11H2,1H3. The van der Waals surface area contributed by atoms with Gasteiger partial charge in [0.1, 0.15) is 5.56 Å². The summed E-state index contributed by atoms with van der Waals surface area (Å²) in [5, 5.41) is 8.60. The van der Waals surface area contributed by atoms with Crippen molar-refractivity contribution in [2.75, 3.05) is 13.1 Å². The minimum Gasteiger partial charge on any atom is -0.336 e. The van der Waals surface area contributed by atoms with Crippen LogP contribution in [-0.4, -0.2) is 48.3 Å². The normalized spacial score (nSPS) is 18.5. The van der Waals surface area contributed by atoms with Gasteiger partial charge in [-0.05, 0) is 31.4 Å². The summed E-state index contributed by atoms with van der Waals surface area (Å²) in [5.74, 6) is -0.00715. The lowest BCUT2D eigenvalue weighted by molar-refractivity contribution is 0.0674. The zero-order chi connectivity index (χ0) is 15.8. The Labute approximate surface area is 133 Å². The van der Waals surface area contributed by atoms with Crippen LogP contribution in [-0.2, 0) is 0 Å². The first-order valence-corrected chi connectivity index (χ1v) is 7.81. The zero-order valence-corrected chi connectivity index (χ0v) is 13.0. The van der Waals surface area contributed by atoms with E-state index >= 15 is 0 Å². The third-order valence-electron chi connectivity index (χ3n) is 4.30. The van der Waals surface area contributed by atoms with Crippen molar-refractivity contribution >= 4 is 11.6 Å². The van der Waals surface area contributed by atoms with Crippen LogP contribution in [0.3, 0.4) is 0 Å². The van der Waals surface area contributed by atoms with Crippen molar-refractivity contribution in [1.82, 2.24) is 29.3 Å². The zero-order valence-electron chi connectivity index (χ0n) is 13.0. The van der Waals surface area contributed by atoms with Crippen LogP contribution in [0, 0.1) is 6.92 Å². The van der Waals surface area contributed by atoms with Crippen molar-refractivity contribution in [1.29, 1.82) is 0 Å². The number of fused-ring (bicyclic) bond motifs is 1. The Kier molecular flexibility index (Phi) is 3.33. The van der Waals surface area contributed by atoms with E-state index in [2.05, 4.69) is 15.2 Å². The predicted octanol–water partition coefficient (Wildman–Crippen LogP) is 1.71. The van der Waals surface area contributed by atoms with Crippen LogP contribution in [0.2, 0.25) is 0 Å². The molecule has 1 atom stereocenters.